The molecular formula is C27H32FN7O3. The van der Waals surface area contributed by atoms with Gasteiger partial charge >= 0.3 is 6.03 Å². The van der Waals surface area contributed by atoms with E-state index in [0.717, 1.165) is 31.2 Å². The van der Waals surface area contributed by atoms with Crippen LogP contribution in [0.15, 0.2) is 40.8 Å². The lowest BCUT2D eigenvalue weighted by molar-refractivity contribution is -0.123. The van der Waals surface area contributed by atoms with E-state index in [1.54, 1.807) is 24.0 Å². The molecule has 0 saturated carbocycles. The number of fused-ring (bicyclic) bond motifs is 2. The Morgan fingerprint density at radius 2 is 2.05 bits per heavy atom. The van der Waals surface area contributed by atoms with Gasteiger partial charge in [-0.05, 0) is 69.4 Å². The number of oxazole rings is 1. The fourth-order valence-corrected chi connectivity index (χ4v) is 4.87. The van der Waals surface area contributed by atoms with Gasteiger partial charge in [-0.2, -0.15) is 4.98 Å². The second-order valence-corrected chi connectivity index (χ2v) is 9.76. The number of benzene rings is 2. The lowest BCUT2D eigenvalue weighted by Gasteiger charge is -2.36. The van der Waals surface area contributed by atoms with Crippen molar-refractivity contribution in [3.63, 3.8) is 0 Å². The Morgan fingerprint density at radius 1 is 1.21 bits per heavy atom. The van der Waals surface area contributed by atoms with Crippen molar-refractivity contribution >= 4 is 40.1 Å². The van der Waals surface area contributed by atoms with Crippen molar-refractivity contribution in [2.45, 2.75) is 64.7 Å². The van der Waals surface area contributed by atoms with Gasteiger partial charge < -0.3 is 30.3 Å². The van der Waals surface area contributed by atoms with Crippen LogP contribution >= 0.6 is 0 Å². The number of amides is 3. The highest BCUT2D eigenvalue weighted by Gasteiger charge is 2.31. The third-order valence-electron chi connectivity index (χ3n) is 6.95. The number of rotatable bonds is 7. The van der Waals surface area contributed by atoms with Crippen molar-refractivity contribution in [3.05, 3.63) is 53.6 Å². The van der Waals surface area contributed by atoms with E-state index in [4.69, 9.17) is 4.42 Å². The van der Waals surface area contributed by atoms with E-state index in [2.05, 4.69) is 37.8 Å². The number of likely N-dealkylation sites (tertiary alicyclic amines) is 1. The molecule has 10 nitrogen and oxygen atoms in total. The molecule has 1 fully saturated rings. The van der Waals surface area contributed by atoms with Crippen LogP contribution in [0.1, 0.15) is 57.0 Å². The molecule has 0 bridgehead atoms. The van der Waals surface area contributed by atoms with Crippen molar-refractivity contribution < 1.29 is 18.4 Å². The van der Waals surface area contributed by atoms with Gasteiger partial charge in [-0.15, -0.1) is 0 Å². The molecule has 2 aromatic carbocycles. The van der Waals surface area contributed by atoms with Gasteiger partial charge in [0.05, 0.1) is 11.6 Å². The average molecular weight is 522 g/mol. The Morgan fingerprint density at radius 3 is 2.84 bits per heavy atom. The SMILES string of the molecule is CC[C@H]1CCCCN1C(=O)N[C@H](Nc1nc2ccc(C)cc2o1)C(=O)N[C@@H](C)c1nc2c(F)cccc2[nH]1. The molecule has 0 unspecified atom stereocenters. The molecule has 3 amide bonds. The van der Waals surface area contributed by atoms with Crippen LogP contribution in [0.25, 0.3) is 22.1 Å². The lowest BCUT2D eigenvalue weighted by atomic mass is 10.0. The first kappa shape index (κ1) is 25.5. The molecule has 0 radical (unpaired) electrons. The van der Waals surface area contributed by atoms with E-state index >= 15 is 0 Å². The number of hydrogen-bond donors (Lipinski definition) is 4. The highest BCUT2D eigenvalue weighted by molar-refractivity contribution is 5.89. The van der Waals surface area contributed by atoms with Crippen LogP contribution < -0.4 is 16.0 Å². The molecular weight excluding hydrogens is 489 g/mol. The van der Waals surface area contributed by atoms with Gasteiger partial charge in [0.1, 0.15) is 16.9 Å². The summed E-state index contributed by atoms with van der Waals surface area (Å²) in [5.41, 5.74) is 2.93. The maximum absolute atomic E-state index is 14.1. The minimum Gasteiger partial charge on any atom is -0.424 e. The number of urea groups is 1. The molecule has 11 heteroatoms. The number of nitrogens with one attached hydrogen (secondary N) is 4. The predicted octanol–water partition coefficient (Wildman–Crippen LogP) is 4.74. The largest absolute Gasteiger partial charge is 0.424 e. The third-order valence-corrected chi connectivity index (χ3v) is 6.95. The standard InChI is InChI=1S/C27H32FN7O3/c1-4-17-8-5-6-13-35(17)27(37)34-24(33-26-31-19-12-11-15(2)14-21(19)38-26)25(36)29-16(3)23-30-20-10-7-9-18(28)22(20)32-23/h7,9-12,14,16-17,24H,4-6,8,13H2,1-3H3,(H,29,36)(H,30,32)(H,31,33)(H,34,37)/t16-,17-,24-/m0/s1. The van der Waals surface area contributed by atoms with E-state index in [1.807, 2.05) is 25.1 Å². The predicted molar refractivity (Wildman–Crippen MR) is 142 cm³/mol. The topological polar surface area (TPSA) is 128 Å². The van der Waals surface area contributed by atoms with Gasteiger partial charge in [0.25, 0.3) is 11.9 Å². The number of anilines is 1. The Hall–Kier alpha value is -4.15. The number of aryl methyl sites for hydroxylation is 1. The van der Waals surface area contributed by atoms with E-state index in [1.165, 1.54) is 6.07 Å². The first-order valence-electron chi connectivity index (χ1n) is 13.0. The Balaban J connectivity index is 1.37. The zero-order chi connectivity index (χ0) is 26.8. The van der Waals surface area contributed by atoms with E-state index in [9.17, 15) is 14.0 Å². The highest BCUT2D eigenvalue weighted by atomic mass is 19.1. The molecule has 0 spiro atoms. The monoisotopic (exact) mass is 521 g/mol. The molecule has 3 atom stereocenters. The van der Waals surface area contributed by atoms with Crippen LogP contribution in [-0.4, -0.2) is 50.5 Å². The number of hydrogen-bond acceptors (Lipinski definition) is 6. The molecule has 2 aromatic heterocycles. The summed E-state index contributed by atoms with van der Waals surface area (Å²) in [4.78, 5) is 40.3. The third kappa shape index (κ3) is 5.27. The summed E-state index contributed by atoms with van der Waals surface area (Å²) in [5.74, 6) is -0.577. The quantitative estimate of drug-likeness (QED) is 0.260. The summed E-state index contributed by atoms with van der Waals surface area (Å²) in [6.45, 7) is 6.35. The number of aromatic nitrogens is 3. The highest BCUT2D eigenvalue weighted by Crippen LogP contribution is 2.23. The fraction of sp³-hybridized carbons (Fsp3) is 0.407. The molecule has 1 saturated heterocycles. The van der Waals surface area contributed by atoms with Crippen molar-refractivity contribution in [1.29, 1.82) is 0 Å². The summed E-state index contributed by atoms with van der Waals surface area (Å²) in [7, 11) is 0. The van der Waals surface area contributed by atoms with Gasteiger partial charge in [-0.1, -0.05) is 19.1 Å². The van der Waals surface area contributed by atoms with Gasteiger partial charge in [0.15, 0.2) is 17.6 Å². The average Bonchev–Trinajstić information content (AvgIpc) is 3.52. The summed E-state index contributed by atoms with van der Waals surface area (Å²) in [5, 5.41) is 8.62. The van der Waals surface area contributed by atoms with Gasteiger partial charge in [0, 0.05) is 12.6 Å². The van der Waals surface area contributed by atoms with Gasteiger partial charge in [0.2, 0.25) is 0 Å². The molecule has 5 rings (SSSR count). The number of carbonyl (C=O) groups is 2. The summed E-state index contributed by atoms with van der Waals surface area (Å²) < 4.78 is 20.0. The first-order valence-corrected chi connectivity index (χ1v) is 13.0. The van der Waals surface area contributed by atoms with E-state index in [0.29, 0.717) is 29.0 Å². The number of carbonyl (C=O) groups excluding carboxylic acids is 2. The summed E-state index contributed by atoms with van der Waals surface area (Å²) in [6, 6.07) is 9.51. The fourth-order valence-electron chi connectivity index (χ4n) is 4.87. The van der Waals surface area contributed by atoms with Gasteiger partial charge in [-0.25, -0.2) is 14.2 Å². The molecule has 4 aromatic rings. The smallest absolute Gasteiger partial charge is 0.319 e. The Kier molecular flexibility index (Phi) is 7.17. The second-order valence-electron chi connectivity index (χ2n) is 9.76. The molecule has 0 aliphatic carbocycles. The molecule has 38 heavy (non-hydrogen) atoms. The first-order chi connectivity index (χ1) is 18.3. The van der Waals surface area contributed by atoms with Crippen molar-refractivity contribution in [2.24, 2.45) is 0 Å². The van der Waals surface area contributed by atoms with Crippen LogP contribution in [0.4, 0.5) is 15.2 Å². The lowest BCUT2D eigenvalue weighted by Crippen LogP contribution is -2.57. The maximum atomic E-state index is 14.1. The van der Waals surface area contributed by atoms with Crippen molar-refractivity contribution in [2.75, 3.05) is 11.9 Å². The summed E-state index contributed by atoms with van der Waals surface area (Å²) >= 11 is 0. The molecule has 1 aliphatic rings. The summed E-state index contributed by atoms with van der Waals surface area (Å²) in [6.07, 6.45) is 2.57. The normalized spacial score (nSPS) is 17.4. The minimum atomic E-state index is -1.18. The van der Waals surface area contributed by atoms with Crippen molar-refractivity contribution in [3.8, 4) is 0 Å². The number of aromatic amines is 1. The zero-order valence-electron chi connectivity index (χ0n) is 21.7. The van der Waals surface area contributed by atoms with Crippen LogP contribution in [0.3, 0.4) is 0 Å². The molecule has 3 heterocycles. The van der Waals surface area contributed by atoms with Crippen LogP contribution in [0.2, 0.25) is 0 Å². The number of halogens is 1. The number of para-hydroxylation sites is 1. The number of piperidine rings is 1. The molecule has 200 valence electrons. The van der Waals surface area contributed by atoms with E-state index < -0.39 is 23.9 Å². The minimum absolute atomic E-state index is 0.107. The number of H-pyrrole nitrogens is 1. The number of imidazole rings is 1. The Bertz CT molecular complexity index is 1470. The maximum Gasteiger partial charge on any atom is 0.319 e. The zero-order valence-corrected chi connectivity index (χ0v) is 21.7. The molecule has 4 N–H and O–H groups in total. The molecule has 1 aliphatic heterocycles. The van der Waals surface area contributed by atoms with Gasteiger partial charge in [-0.3, -0.25) is 4.79 Å². The van der Waals surface area contributed by atoms with E-state index in [-0.39, 0.29) is 23.6 Å². The van der Waals surface area contributed by atoms with Crippen molar-refractivity contribution in [1.82, 2.24) is 30.5 Å². The van der Waals surface area contributed by atoms with Crippen LogP contribution in [-0.2, 0) is 4.79 Å². The number of nitrogens with zero attached hydrogens (tertiary/aromatic N) is 3. The van der Waals surface area contributed by atoms with Crippen LogP contribution in [0, 0.1) is 12.7 Å². The second kappa shape index (κ2) is 10.7. The Labute approximate surface area is 219 Å². The van der Waals surface area contributed by atoms with Crippen LogP contribution in [0.5, 0.6) is 0 Å².